The zero-order valence-electron chi connectivity index (χ0n) is 20.5. The zero-order valence-corrected chi connectivity index (χ0v) is 22.5. The number of ether oxygens (including phenoxy) is 2. The second-order valence-corrected chi connectivity index (χ2v) is 21.5. The molecular formula is C22H41NO4Si2. The van der Waals surface area contributed by atoms with E-state index in [1.807, 2.05) is 19.9 Å². The predicted octanol–water partition coefficient (Wildman–Crippen LogP) is 5.75. The fourth-order valence-corrected chi connectivity index (χ4v) is 5.73. The Bertz CT molecular complexity index is 695. The molecule has 0 saturated carbocycles. The van der Waals surface area contributed by atoms with E-state index in [0.29, 0.717) is 5.57 Å². The molecule has 0 radical (unpaired) electrons. The minimum atomic E-state index is -2.11. The molecule has 0 aromatic heterocycles. The Kier molecular flexibility index (Phi) is 6.47. The van der Waals surface area contributed by atoms with Crippen LogP contribution in [-0.4, -0.2) is 46.8 Å². The van der Waals surface area contributed by atoms with E-state index in [2.05, 4.69) is 73.8 Å². The van der Waals surface area contributed by atoms with Crippen molar-refractivity contribution in [2.45, 2.75) is 122 Å². The molecule has 0 bridgehead atoms. The van der Waals surface area contributed by atoms with Gasteiger partial charge < -0.3 is 18.3 Å². The average Bonchev–Trinajstić information content (AvgIpc) is 2.82. The molecule has 0 aromatic carbocycles. The molecule has 5 nitrogen and oxygen atoms in total. The van der Waals surface area contributed by atoms with Gasteiger partial charge in [0.25, 0.3) is 0 Å². The van der Waals surface area contributed by atoms with Gasteiger partial charge in [-0.25, -0.2) is 0 Å². The van der Waals surface area contributed by atoms with Crippen LogP contribution in [0.15, 0.2) is 11.6 Å². The van der Waals surface area contributed by atoms with Crippen molar-refractivity contribution in [1.29, 1.82) is 5.26 Å². The number of hydrogen-bond acceptors (Lipinski definition) is 5. The maximum atomic E-state index is 9.80. The topological polar surface area (TPSA) is 60.7 Å². The minimum Gasteiger partial charge on any atom is -0.408 e. The molecule has 1 heterocycles. The van der Waals surface area contributed by atoms with Crippen LogP contribution in [0.25, 0.3) is 0 Å². The van der Waals surface area contributed by atoms with E-state index in [0.717, 1.165) is 0 Å². The van der Waals surface area contributed by atoms with E-state index in [1.165, 1.54) is 0 Å². The van der Waals surface area contributed by atoms with Crippen molar-refractivity contribution in [1.82, 2.24) is 0 Å². The first-order chi connectivity index (χ1) is 12.8. The average molecular weight is 440 g/mol. The number of nitriles is 1. The van der Waals surface area contributed by atoms with Gasteiger partial charge in [0, 0.05) is 0 Å². The Morgan fingerprint density at radius 2 is 1.41 bits per heavy atom. The molecule has 0 N–H and O–H groups in total. The third kappa shape index (κ3) is 5.05. The van der Waals surface area contributed by atoms with Crippen LogP contribution in [0.4, 0.5) is 0 Å². The smallest absolute Gasteiger partial charge is 0.193 e. The van der Waals surface area contributed by atoms with Crippen LogP contribution in [0.1, 0.15) is 55.4 Å². The summed E-state index contributed by atoms with van der Waals surface area (Å²) in [5.74, 6) is -0.758. The van der Waals surface area contributed by atoms with Gasteiger partial charge in [-0.3, -0.25) is 0 Å². The van der Waals surface area contributed by atoms with Gasteiger partial charge in [0.15, 0.2) is 22.4 Å². The van der Waals surface area contributed by atoms with Gasteiger partial charge in [0.2, 0.25) is 0 Å². The second kappa shape index (κ2) is 7.57. The van der Waals surface area contributed by atoms with Gasteiger partial charge >= 0.3 is 0 Å². The summed E-state index contributed by atoms with van der Waals surface area (Å²) >= 11 is 0. The zero-order chi connectivity index (χ0) is 22.6. The SMILES string of the molecule is CC1(C)O[C@H]2[C@H](O[Si](C)(C)C(C)(C)C)[C@@H](O[Si](C)(C)C(C)(C)C)C=C(C#N)[C@H]2O1. The van der Waals surface area contributed by atoms with Crippen LogP contribution in [0.3, 0.4) is 0 Å². The molecule has 29 heavy (non-hydrogen) atoms. The summed E-state index contributed by atoms with van der Waals surface area (Å²) < 4.78 is 26.1. The molecule has 1 aliphatic carbocycles. The molecule has 2 rings (SSSR count). The first-order valence-corrected chi connectivity index (χ1v) is 16.5. The summed E-state index contributed by atoms with van der Waals surface area (Å²) in [7, 11) is -4.20. The molecule has 0 unspecified atom stereocenters. The van der Waals surface area contributed by atoms with E-state index in [-0.39, 0.29) is 28.4 Å². The lowest BCUT2D eigenvalue weighted by molar-refractivity contribution is -0.156. The number of rotatable bonds is 4. The number of hydrogen-bond donors (Lipinski definition) is 0. The van der Waals surface area contributed by atoms with Crippen LogP contribution >= 0.6 is 0 Å². The van der Waals surface area contributed by atoms with Crippen LogP contribution in [0, 0.1) is 11.3 Å². The standard InChI is InChI=1S/C22H41NO4Si2/c1-20(2,3)28(9,10)26-16-13-15(14-23)17-19(25-22(7,8)24-17)18(16)27-29(11,12)21(4,5)6/h13,16-19H,1-12H3/t16-,17+,18+,19+/m0/s1. The van der Waals surface area contributed by atoms with E-state index in [1.54, 1.807) is 0 Å². The summed E-state index contributed by atoms with van der Waals surface area (Å²) in [6, 6.07) is 2.33. The normalized spacial score (nSPS) is 30.5. The first kappa shape index (κ1) is 24.8. The second-order valence-electron chi connectivity index (χ2n) is 11.9. The monoisotopic (exact) mass is 439 g/mol. The van der Waals surface area contributed by atoms with Crippen molar-refractivity contribution in [2.24, 2.45) is 0 Å². The highest BCUT2D eigenvalue weighted by Gasteiger charge is 2.55. The van der Waals surface area contributed by atoms with Crippen LogP contribution in [-0.2, 0) is 18.3 Å². The summed E-state index contributed by atoms with van der Waals surface area (Å²) in [6.07, 6.45) is 0.550. The van der Waals surface area contributed by atoms with Gasteiger partial charge in [-0.15, -0.1) is 0 Å². The maximum Gasteiger partial charge on any atom is 0.193 e. The highest BCUT2D eigenvalue weighted by molar-refractivity contribution is 6.74. The van der Waals surface area contributed by atoms with E-state index in [4.69, 9.17) is 18.3 Å². The highest BCUT2D eigenvalue weighted by atomic mass is 28.4. The molecule has 0 spiro atoms. The highest BCUT2D eigenvalue weighted by Crippen LogP contribution is 2.46. The molecule has 1 saturated heterocycles. The number of nitrogens with zero attached hydrogens (tertiary/aromatic N) is 1. The van der Waals surface area contributed by atoms with Crippen LogP contribution in [0.5, 0.6) is 0 Å². The first-order valence-electron chi connectivity index (χ1n) is 10.6. The fraction of sp³-hybridized carbons (Fsp3) is 0.864. The van der Waals surface area contributed by atoms with Crippen molar-refractivity contribution in [3.63, 3.8) is 0 Å². The third-order valence-electron chi connectivity index (χ3n) is 7.03. The lowest BCUT2D eigenvalue weighted by atomic mass is 9.90. The minimum absolute atomic E-state index is 0.0538. The van der Waals surface area contributed by atoms with Crippen molar-refractivity contribution in [2.75, 3.05) is 0 Å². The Labute approximate surface area is 180 Å². The van der Waals surface area contributed by atoms with E-state index < -0.39 is 28.5 Å². The molecule has 166 valence electrons. The Hall–Kier alpha value is -0.496. The van der Waals surface area contributed by atoms with Gasteiger partial charge in [-0.1, -0.05) is 41.5 Å². The predicted molar refractivity (Wildman–Crippen MR) is 122 cm³/mol. The van der Waals surface area contributed by atoms with Gasteiger partial charge in [-0.05, 0) is 56.2 Å². The molecule has 0 amide bonds. The Morgan fingerprint density at radius 3 is 1.86 bits per heavy atom. The van der Waals surface area contributed by atoms with Crippen molar-refractivity contribution < 1.29 is 18.3 Å². The molecule has 7 heteroatoms. The van der Waals surface area contributed by atoms with Crippen LogP contribution in [0.2, 0.25) is 36.3 Å². The van der Waals surface area contributed by atoms with Crippen molar-refractivity contribution in [3.8, 4) is 6.07 Å². The van der Waals surface area contributed by atoms with Gasteiger partial charge in [-0.2, -0.15) is 5.26 Å². The number of fused-ring (bicyclic) bond motifs is 1. The lowest BCUT2D eigenvalue weighted by Gasteiger charge is -2.47. The lowest BCUT2D eigenvalue weighted by Crippen LogP contribution is -2.58. The summed E-state index contributed by atoms with van der Waals surface area (Å²) in [6.45, 7) is 26.1. The Balaban J connectivity index is 2.50. The van der Waals surface area contributed by atoms with Gasteiger partial charge in [0.1, 0.15) is 18.3 Å². The molecule has 1 fully saturated rings. The molecular weight excluding hydrogens is 398 g/mol. The summed E-state index contributed by atoms with van der Waals surface area (Å²) in [5.41, 5.74) is 0.583. The Morgan fingerprint density at radius 1 is 0.931 bits per heavy atom. The van der Waals surface area contributed by atoms with Crippen LogP contribution < -0.4 is 0 Å². The maximum absolute atomic E-state index is 9.80. The van der Waals surface area contributed by atoms with Gasteiger partial charge in [0.05, 0.1) is 17.7 Å². The largest absolute Gasteiger partial charge is 0.408 e. The summed E-state index contributed by atoms with van der Waals surface area (Å²) in [4.78, 5) is 0. The van der Waals surface area contributed by atoms with Crippen molar-refractivity contribution >= 4 is 16.6 Å². The summed E-state index contributed by atoms with van der Waals surface area (Å²) in [5, 5.41) is 9.91. The van der Waals surface area contributed by atoms with Crippen molar-refractivity contribution in [3.05, 3.63) is 11.6 Å². The molecule has 1 aliphatic heterocycles. The quantitative estimate of drug-likeness (QED) is 0.522. The van der Waals surface area contributed by atoms with E-state index >= 15 is 0 Å². The molecule has 0 aromatic rings. The third-order valence-corrected chi connectivity index (χ3v) is 16.0. The van der Waals surface area contributed by atoms with E-state index in [9.17, 15) is 5.26 Å². The molecule has 2 aliphatic rings. The molecule has 4 atom stereocenters. The fourth-order valence-electron chi connectivity index (χ4n) is 3.19.